The lowest BCUT2D eigenvalue weighted by Gasteiger charge is -2.61. The van der Waals surface area contributed by atoms with Gasteiger partial charge >= 0.3 is 0 Å². The molecule has 0 radical (unpaired) electrons. The minimum absolute atomic E-state index is 0.0199. The fraction of sp³-hybridized carbons (Fsp3) is 0.960. The summed E-state index contributed by atoms with van der Waals surface area (Å²) in [5.41, 5.74) is 0.890. The summed E-state index contributed by atoms with van der Waals surface area (Å²) in [5.74, 6) is 4.60. The van der Waals surface area contributed by atoms with Crippen LogP contribution in [0.3, 0.4) is 0 Å². The number of aliphatic hydroxyl groups is 2. The molecule has 166 valence electrons. The highest BCUT2D eigenvalue weighted by atomic mass is 16.3. The van der Waals surface area contributed by atoms with E-state index in [1.807, 2.05) is 0 Å². The van der Waals surface area contributed by atoms with Gasteiger partial charge in [0.2, 0.25) is 5.91 Å². The van der Waals surface area contributed by atoms with Crippen LogP contribution in [0.1, 0.15) is 91.4 Å². The zero-order chi connectivity index (χ0) is 20.8. The SMILES string of the molecule is C[C@H](CCC(=O)NCO)[C@H]1CC[C@H]2[C@@H]3CC[C@@H]4C[C@H](O)CC[C@]4(C)[C@H]3CC[C@]12C. The Morgan fingerprint density at radius 2 is 1.76 bits per heavy atom. The number of hydrogen-bond acceptors (Lipinski definition) is 3. The fourth-order valence-corrected chi connectivity index (χ4v) is 8.95. The number of rotatable bonds is 5. The van der Waals surface area contributed by atoms with Gasteiger partial charge in [0.25, 0.3) is 0 Å². The molecule has 4 fully saturated rings. The Morgan fingerprint density at radius 1 is 1.03 bits per heavy atom. The third-order valence-electron chi connectivity index (χ3n) is 10.5. The van der Waals surface area contributed by atoms with E-state index in [2.05, 4.69) is 26.1 Å². The first-order valence-corrected chi connectivity index (χ1v) is 12.3. The van der Waals surface area contributed by atoms with E-state index >= 15 is 0 Å². The van der Waals surface area contributed by atoms with Gasteiger partial charge in [0.1, 0.15) is 6.73 Å². The summed E-state index contributed by atoms with van der Waals surface area (Å²) in [4.78, 5) is 11.8. The van der Waals surface area contributed by atoms with Crippen LogP contribution in [0.25, 0.3) is 0 Å². The van der Waals surface area contributed by atoms with Crippen molar-refractivity contribution in [3.8, 4) is 0 Å². The molecule has 1 amide bonds. The highest BCUT2D eigenvalue weighted by molar-refractivity contribution is 5.75. The number of hydrogen-bond donors (Lipinski definition) is 3. The summed E-state index contributed by atoms with van der Waals surface area (Å²) in [6, 6.07) is 0. The first kappa shape index (κ1) is 21.6. The van der Waals surface area contributed by atoms with Gasteiger partial charge in [-0.2, -0.15) is 0 Å². The van der Waals surface area contributed by atoms with Crippen LogP contribution in [-0.2, 0) is 4.79 Å². The Balaban J connectivity index is 1.45. The van der Waals surface area contributed by atoms with Crippen LogP contribution in [0, 0.1) is 46.3 Å². The van der Waals surface area contributed by atoms with Gasteiger partial charge in [0.15, 0.2) is 0 Å². The lowest BCUT2D eigenvalue weighted by atomic mass is 9.44. The zero-order valence-corrected chi connectivity index (χ0v) is 18.8. The van der Waals surface area contributed by atoms with E-state index in [1.54, 1.807) is 0 Å². The van der Waals surface area contributed by atoms with Crippen molar-refractivity contribution < 1.29 is 15.0 Å². The molecule has 0 bridgehead atoms. The molecule has 29 heavy (non-hydrogen) atoms. The van der Waals surface area contributed by atoms with E-state index in [0.29, 0.717) is 23.2 Å². The van der Waals surface area contributed by atoms with Crippen molar-refractivity contribution in [2.75, 3.05) is 6.73 Å². The minimum atomic E-state index is -0.254. The highest BCUT2D eigenvalue weighted by Crippen LogP contribution is 2.68. The Kier molecular flexibility index (Phi) is 6.07. The molecule has 0 saturated heterocycles. The summed E-state index contributed by atoms with van der Waals surface area (Å²) < 4.78 is 0. The fourth-order valence-electron chi connectivity index (χ4n) is 8.95. The number of aliphatic hydroxyl groups excluding tert-OH is 2. The second-order valence-electron chi connectivity index (χ2n) is 11.6. The van der Waals surface area contributed by atoms with Crippen LogP contribution in [0.4, 0.5) is 0 Å². The van der Waals surface area contributed by atoms with Crippen LogP contribution in [0.2, 0.25) is 0 Å². The summed E-state index contributed by atoms with van der Waals surface area (Å²) in [6.45, 7) is 7.25. The van der Waals surface area contributed by atoms with E-state index in [1.165, 1.54) is 44.9 Å². The largest absolute Gasteiger partial charge is 0.393 e. The highest BCUT2D eigenvalue weighted by Gasteiger charge is 2.60. The molecule has 0 heterocycles. The Bertz CT molecular complexity index is 609. The van der Waals surface area contributed by atoms with E-state index in [-0.39, 0.29) is 18.7 Å². The molecule has 4 aliphatic carbocycles. The molecule has 4 saturated carbocycles. The average Bonchev–Trinajstić information content (AvgIpc) is 3.04. The van der Waals surface area contributed by atoms with Crippen molar-refractivity contribution >= 4 is 5.91 Å². The van der Waals surface area contributed by atoms with Gasteiger partial charge in [-0.05, 0) is 111 Å². The van der Waals surface area contributed by atoms with E-state index in [4.69, 9.17) is 5.11 Å². The van der Waals surface area contributed by atoms with Gasteiger partial charge in [-0.1, -0.05) is 20.8 Å². The first-order valence-electron chi connectivity index (χ1n) is 12.3. The Labute approximate surface area is 177 Å². The average molecular weight is 406 g/mol. The molecular weight excluding hydrogens is 362 g/mol. The van der Waals surface area contributed by atoms with Crippen molar-refractivity contribution in [1.82, 2.24) is 5.32 Å². The predicted molar refractivity (Wildman–Crippen MR) is 115 cm³/mol. The molecule has 0 unspecified atom stereocenters. The van der Waals surface area contributed by atoms with Crippen molar-refractivity contribution in [3.05, 3.63) is 0 Å². The molecular formula is C25H43NO3. The number of fused-ring (bicyclic) bond motifs is 5. The molecule has 4 aliphatic rings. The zero-order valence-electron chi connectivity index (χ0n) is 18.8. The number of carbonyl (C=O) groups excluding carboxylic acids is 1. The molecule has 3 N–H and O–H groups in total. The Hall–Kier alpha value is -0.610. The molecule has 0 aromatic heterocycles. The second-order valence-corrected chi connectivity index (χ2v) is 11.6. The summed E-state index contributed by atoms with van der Waals surface area (Å²) >= 11 is 0. The maximum atomic E-state index is 11.8. The van der Waals surface area contributed by atoms with Gasteiger partial charge in [0, 0.05) is 6.42 Å². The third-order valence-corrected chi connectivity index (χ3v) is 10.5. The van der Waals surface area contributed by atoms with Gasteiger partial charge in [-0.15, -0.1) is 0 Å². The second kappa shape index (κ2) is 8.15. The summed E-state index contributed by atoms with van der Waals surface area (Å²) in [5, 5.41) is 21.6. The first-order chi connectivity index (χ1) is 13.8. The van der Waals surface area contributed by atoms with E-state index in [0.717, 1.165) is 48.9 Å². The van der Waals surface area contributed by atoms with Gasteiger partial charge < -0.3 is 15.5 Å². The van der Waals surface area contributed by atoms with Crippen LogP contribution in [0.5, 0.6) is 0 Å². The van der Waals surface area contributed by atoms with E-state index < -0.39 is 0 Å². The third kappa shape index (κ3) is 3.67. The molecule has 0 aromatic rings. The molecule has 4 heteroatoms. The number of carbonyl (C=O) groups is 1. The van der Waals surface area contributed by atoms with Gasteiger partial charge in [-0.3, -0.25) is 4.79 Å². The molecule has 4 nitrogen and oxygen atoms in total. The quantitative estimate of drug-likeness (QED) is 0.590. The van der Waals surface area contributed by atoms with Crippen molar-refractivity contribution in [3.63, 3.8) is 0 Å². The summed E-state index contributed by atoms with van der Waals surface area (Å²) in [6.07, 6.45) is 12.8. The van der Waals surface area contributed by atoms with Crippen molar-refractivity contribution in [2.24, 2.45) is 46.3 Å². The van der Waals surface area contributed by atoms with Gasteiger partial charge in [0.05, 0.1) is 6.10 Å². The van der Waals surface area contributed by atoms with Crippen LogP contribution in [0.15, 0.2) is 0 Å². The van der Waals surface area contributed by atoms with Gasteiger partial charge in [-0.25, -0.2) is 0 Å². The molecule has 0 aliphatic heterocycles. The Morgan fingerprint density at radius 3 is 2.52 bits per heavy atom. The van der Waals surface area contributed by atoms with Crippen molar-refractivity contribution in [1.29, 1.82) is 0 Å². The summed E-state index contributed by atoms with van der Waals surface area (Å²) in [7, 11) is 0. The van der Waals surface area contributed by atoms with Crippen LogP contribution < -0.4 is 5.32 Å². The molecule has 0 spiro atoms. The molecule has 9 atom stereocenters. The standard InChI is InChI=1S/C25H43NO3/c1-16(4-9-23(29)26-15-27)20-7-8-21-19-6-5-17-14-18(28)10-12-24(17,2)22(19)11-13-25(20,21)3/h16-22,27-28H,4-15H2,1-3H3,(H,26,29)/t16-,17-,18-,19+,20-,21+,22+,24+,25-/m1/s1. The minimum Gasteiger partial charge on any atom is -0.393 e. The maximum absolute atomic E-state index is 11.8. The van der Waals surface area contributed by atoms with Crippen LogP contribution >= 0.6 is 0 Å². The predicted octanol–water partition coefficient (Wildman–Crippen LogP) is 4.49. The lowest BCUT2D eigenvalue weighted by Crippen LogP contribution is -2.54. The topological polar surface area (TPSA) is 69.6 Å². The van der Waals surface area contributed by atoms with E-state index in [9.17, 15) is 9.90 Å². The number of amides is 1. The maximum Gasteiger partial charge on any atom is 0.221 e. The lowest BCUT2D eigenvalue weighted by molar-refractivity contribution is -0.130. The van der Waals surface area contributed by atoms with Crippen LogP contribution in [-0.4, -0.2) is 29.0 Å². The molecule has 0 aromatic carbocycles. The normalized spacial score (nSPS) is 47.6. The number of nitrogens with one attached hydrogen (secondary N) is 1. The molecule has 4 rings (SSSR count). The van der Waals surface area contributed by atoms with Crippen molar-refractivity contribution in [2.45, 2.75) is 97.5 Å². The monoisotopic (exact) mass is 405 g/mol. The smallest absolute Gasteiger partial charge is 0.221 e.